The zero-order chi connectivity index (χ0) is 26.5. The van der Waals surface area contributed by atoms with Crippen molar-refractivity contribution in [2.24, 2.45) is 0 Å². The molecule has 0 fully saturated rings. The van der Waals surface area contributed by atoms with Gasteiger partial charge < -0.3 is 14.6 Å². The van der Waals surface area contributed by atoms with E-state index in [-0.39, 0.29) is 11.7 Å². The number of carbonyl (C=O) groups excluding carboxylic acids is 1. The number of methoxy groups -OCH3 is 1. The van der Waals surface area contributed by atoms with E-state index in [0.29, 0.717) is 29.4 Å². The maximum atomic E-state index is 13.4. The fourth-order valence-electron chi connectivity index (χ4n) is 4.00. The van der Waals surface area contributed by atoms with E-state index in [9.17, 15) is 9.18 Å². The molecule has 0 aliphatic rings. The van der Waals surface area contributed by atoms with Crippen LogP contribution in [0.2, 0.25) is 5.02 Å². The summed E-state index contributed by atoms with van der Waals surface area (Å²) in [6, 6.07) is 21.4. The number of carbonyl (C=O) groups is 1. The molecule has 0 spiro atoms. The lowest BCUT2D eigenvalue weighted by atomic mass is 10.1. The number of benzene rings is 3. The fraction of sp³-hybridized carbons (Fsp3) is 0.138. The Kier molecular flexibility index (Phi) is 7.91. The molecule has 1 N–H and O–H groups in total. The minimum absolute atomic E-state index is 0.149. The number of nitrogens with zero attached hydrogens (tertiary/aromatic N) is 3. The summed E-state index contributed by atoms with van der Waals surface area (Å²) in [5, 5.41) is 4.14. The SMILES string of the molecule is COc1cccc(CNC(=O)c2ccc(Cn3c(SCc4ccc(F)cc4Cl)nc4ccncc43)cc2)c1. The third kappa shape index (κ3) is 5.98. The predicted octanol–water partition coefficient (Wildman–Crippen LogP) is 6.50. The number of hydrogen-bond donors (Lipinski definition) is 1. The molecule has 6 nitrogen and oxygen atoms in total. The van der Waals surface area contributed by atoms with Crippen LogP contribution in [0.3, 0.4) is 0 Å². The van der Waals surface area contributed by atoms with Crippen LogP contribution in [0.5, 0.6) is 5.75 Å². The minimum Gasteiger partial charge on any atom is -0.497 e. The number of nitrogens with one attached hydrogen (secondary N) is 1. The summed E-state index contributed by atoms with van der Waals surface area (Å²) in [5.41, 5.74) is 5.12. The number of halogens is 2. The second-order valence-electron chi connectivity index (χ2n) is 8.60. The van der Waals surface area contributed by atoms with E-state index in [1.807, 2.05) is 54.6 Å². The van der Waals surface area contributed by atoms with Crippen LogP contribution < -0.4 is 10.1 Å². The zero-order valence-electron chi connectivity index (χ0n) is 20.5. The molecular formula is C29H24ClFN4O2S. The number of thioether (sulfide) groups is 1. The van der Waals surface area contributed by atoms with Gasteiger partial charge in [-0.3, -0.25) is 9.78 Å². The molecule has 0 bridgehead atoms. The molecule has 1 amide bonds. The first-order chi connectivity index (χ1) is 18.5. The second-order valence-corrected chi connectivity index (χ2v) is 9.95. The van der Waals surface area contributed by atoms with Gasteiger partial charge in [-0.2, -0.15) is 0 Å². The Bertz CT molecular complexity index is 1590. The van der Waals surface area contributed by atoms with E-state index < -0.39 is 0 Å². The van der Waals surface area contributed by atoms with Crippen LogP contribution in [0.25, 0.3) is 11.0 Å². The van der Waals surface area contributed by atoms with Gasteiger partial charge in [0, 0.05) is 29.1 Å². The topological polar surface area (TPSA) is 69.0 Å². The van der Waals surface area contributed by atoms with Gasteiger partial charge in [0.1, 0.15) is 11.6 Å². The van der Waals surface area contributed by atoms with Gasteiger partial charge in [-0.25, -0.2) is 9.37 Å². The van der Waals surface area contributed by atoms with Crippen LogP contribution in [-0.4, -0.2) is 27.6 Å². The van der Waals surface area contributed by atoms with Crippen molar-refractivity contribution in [2.45, 2.75) is 24.0 Å². The van der Waals surface area contributed by atoms with Crippen molar-refractivity contribution < 1.29 is 13.9 Å². The van der Waals surface area contributed by atoms with Crippen molar-refractivity contribution in [3.63, 3.8) is 0 Å². The highest BCUT2D eigenvalue weighted by molar-refractivity contribution is 7.98. The molecule has 0 atom stereocenters. The Morgan fingerprint density at radius 2 is 1.92 bits per heavy atom. The lowest BCUT2D eigenvalue weighted by Crippen LogP contribution is -2.22. The minimum atomic E-state index is -0.362. The van der Waals surface area contributed by atoms with Gasteiger partial charge in [-0.15, -0.1) is 0 Å². The maximum Gasteiger partial charge on any atom is 0.251 e. The Labute approximate surface area is 228 Å². The van der Waals surface area contributed by atoms with Gasteiger partial charge in [-0.1, -0.05) is 53.7 Å². The lowest BCUT2D eigenvalue weighted by Gasteiger charge is -2.11. The molecule has 38 heavy (non-hydrogen) atoms. The van der Waals surface area contributed by atoms with Gasteiger partial charge in [0.05, 0.1) is 30.9 Å². The molecule has 5 rings (SSSR count). The first kappa shape index (κ1) is 25.8. The van der Waals surface area contributed by atoms with Crippen molar-refractivity contribution in [1.82, 2.24) is 19.9 Å². The van der Waals surface area contributed by atoms with Gasteiger partial charge in [0.25, 0.3) is 5.91 Å². The molecule has 9 heteroatoms. The molecule has 0 aliphatic heterocycles. The molecule has 0 aliphatic carbocycles. The number of aromatic nitrogens is 3. The van der Waals surface area contributed by atoms with E-state index in [0.717, 1.165) is 38.6 Å². The first-order valence-corrected chi connectivity index (χ1v) is 13.2. The molecule has 5 aromatic rings. The molecule has 0 unspecified atom stereocenters. The molecule has 2 heterocycles. The summed E-state index contributed by atoms with van der Waals surface area (Å²) in [4.78, 5) is 21.7. The van der Waals surface area contributed by atoms with Crippen LogP contribution in [0.15, 0.2) is 90.3 Å². The summed E-state index contributed by atoms with van der Waals surface area (Å²) >= 11 is 7.75. The predicted molar refractivity (Wildman–Crippen MR) is 148 cm³/mol. The van der Waals surface area contributed by atoms with Crippen molar-refractivity contribution in [3.8, 4) is 5.75 Å². The van der Waals surface area contributed by atoms with Gasteiger partial charge in [0.2, 0.25) is 0 Å². The molecule has 192 valence electrons. The largest absolute Gasteiger partial charge is 0.497 e. The highest BCUT2D eigenvalue weighted by Gasteiger charge is 2.14. The van der Waals surface area contributed by atoms with E-state index in [2.05, 4.69) is 14.9 Å². The van der Waals surface area contributed by atoms with E-state index in [1.54, 1.807) is 25.6 Å². The molecule has 0 radical (unpaired) electrons. The van der Waals surface area contributed by atoms with Gasteiger partial charge in [-0.05, 0) is 59.2 Å². The van der Waals surface area contributed by atoms with Crippen LogP contribution in [0, 0.1) is 5.82 Å². The Morgan fingerprint density at radius 3 is 2.71 bits per heavy atom. The summed E-state index contributed by atoms with van der Waals surface area (Å²) in [6.45, 7) is 0.956. The second kappa shape index (κ2) is 11.7. The number of amides is 1. The summed E-state index contributed by atoms with van der Waals surface area (Å²) in [6.07, 6.45) is 3.50. The molecule has 3 aromatic carbocycles. The van der Waals surface area contributed by atoms with Crippen molar-refractivity contribution in [1.29, 1.82) is 0 Å². The lowest BCUT2D eigenvalue weighted by molar-refractivity contribution is 0.0951. The quantitative estimate of drug-likeness (QED) is 0.214. The Hall–Kier alpha value is -3.88. The smallest absolute Gasteiger partial charge is 0.251 e. The van der Waals surface area contributed by atoms with E-state index in [1.165, 1.54) is 23.9 Å². The highest BCUT2D eigenvalue weighted by atomic mass is 35.5. The monoisotopic (exact) mass is 546 g/mol. The van der Waals surface area contributed by atoms with Gasteiger partial charge >= 0.3 is 0 Å². The van der Waals surface area contributed by atoms with Crippen molar-refractivity contribution in [3.05, 3.63) is 118 Å². The fourth-order valence-corrected chi connectivity index (χ4v) is 5.33. The van der Waals surface area contributed by atoms with Crippen LogP contribution in [0.4, 0.5) is 4.39 Å². The standard InChI is InChI=1S/C29H24ClFN4O2S/c1-37-24-4-2-3-20(13-24)15-33-28(36)21-7-5-19(6-8-21)17-35-27-16-32-12-11-26(27)34-29(35)38-18-22-9-10-23(31)14-25(22)30/h2-14,16H,15,17-18H2,1H3,(H,33,36). The van der Waals surface area contributed by atoms with Crippen LogP contribution in [-0.2, 0) is 18.8 Å². The Balaban J connectivity index is 1.29. The van der Waals surface area contributed by atoms with Crippen molar-refractivity contribution >= 4 is 40.3 Å². The van der Waals surface area contributed by atoms with Crippen molar-refractivity contribution in [2.75, 3.05) is 7.11 Å². The molecule has 2 aromatic heterocycles. The first-order valence-electron chi connectivity index (χ1n) is 11.9. The summed E-state index contributed by atoms with van der Waals surface area (Å²) in [5.74, 6) is 0.785. The number of ether oxygens (including phenoxy) is 1. The molecule has 0 saturated heterocycles. The third-order valence-electron chi connectivity index (χ3n) is 6.03. The number of imidazole rings is 1. The number of pyridine rings is 1. The highest BCUT2D eigenvalue weighted by Crippen LogP contribution is 2.30. The normalized spacial score (nSPS) is 11.0. The summed E-state index contributed by atoms with van der Waals surface area (Å²) in [7, 11) is 1.62. The third-order valence-corrected chi connectivity index (χ3v) is 7.41. The summed E-state index contributed by atoms with van der Waals surface area (Å²) < 4.78 is 20.8. The molecule has 0 saturated carbocycles. The zero-order valence-corrected chi connectivity index (χ0v) is 22.1. The Morgan fingerprint density at radius 1 is 1.08 bits per heavy atom. The van der Waals surface area contributed by atoms with E-state index in [4.69, 9.17) is 21.3 Å². The average Bonchev–Trinajstić information content (AvgIpc) is 3.29. The van der Waals surface area contributed by atoms with E-state index >= 15 is 0 Å². The number of hydrogen-bond acceptors (Lipinski definition) is 5. The average molecular weight is 547 g/mol. The van der Waals surface area contributed by atoms with Crippen LogP contribution in [0.1, 0.15) is 27.0 Å². The number of rotatable bonds is 9. The van der Waals surface area contributed by atoms with Gasteiger partial charge in [0.15, 0.2) is 5.16 Å². The maximum absolute atomic E-state index is 13.4. The molecular weight excluding hydrogens is 523 g/mol. The van der Waals surface area contributed by atoms with Crippen LogP contribution >= 0.6 is 23.4 Å². The number of fused-ring (bicyclic) bond motifs is 1.